The summed E-state index contributed by atoms with van der Waals surface area (Å²) >= 11 is 0. The Bertz CT molecular complexity index is 435. The smallest absolute Gasteiger partial charge is 0.341 e. The van der Waals surface area contributed by atoms with Crippen molar-refractivity contribution in [1.82, 2.24) is 9.97 Å². The Kier molecular flexibility index (Phi) is 5.69. The van der Waals surface area contributed by atoms with E-state index < -0.39 is 5.97 Å². The Labute approximate surface area is 113 Å². The van der Waals surface area contributed by atoms with Crippen LogP contribution in [0, 0.1) is 12.8 Å². The predicted octanol–water partition coefficient (Wildman–Crippen LogP) is 1.36. The van der Waals surface area contributed by atoms with E-state index in [-0.39, 0.29) is 6.04 Å². The maximum atomic E-state index is 11.6. The van der Waals surface area contributed by atoms with Crippen molar-refractivity contribution in [3.05, 3.63) is 17.5 Å². The highest BCUT2D eigenvalue weighted by Gasteiger charge is 2.13. The Morgan fingerprint density at radius 2 is 2.21 bits per heavy atom. The lowest BCUT2D eigenvalue weighted by Gasteiger charge is -2.16. The molecule has 0 saturated carbocycles. The van der Waals surface area contributed by atoms with Crippen molar-refractivity contribution in [1.29, 1.82) is 0 Å². The van der Waals surface area contributed by atoms with E-state index in [0.29, 0.717) is 36.3 Å². The fraction of sp³-hybridized carbons (Fsp3) is 0.615. The molecule has 1 heterocycles. The molecular weight excluding hydrogens is 244 g/mol. The number of nitrogens with two attached hydrogens (primary N) is 1. The molecule has 0 aromatic carbocycles. The van der Waals surface area contributed by atoms with Crippen LogP contribution in [0.4, 0.5) is 5.95 Å². The van der Waals surface area contributed by atoms with Gasteiger partial charge in [0, 0.05) is 18.8 Å². The maximum Gasteiger partial charge on any atom is 0.341 e. The molecule has 1 aromatic heterocycles. The van der Waals surface area contributed by atoms with Crippen molar-refractivity contribution in [3.63, 3.8) is 0 Å². The van der Waals surface area contributed by atoms with Crippen molar-refractivity contribution < 1.29 is 9.53 Å². The van der Waals surface area contributed by atoms with Crippen LogP contribution in [-0.4, -0.2) is 35.1 Å². The van der Waals surface area contributed by atoms with Crippen LogP contribution in [0.1, 0.15) is 36.8 Å². The molecule has 19 heavy (non-hydrogen) atoms. The number of anilines is 1. The fourth-order valence-electron chi connectivity index (χ4n) is 1.41. The molecular formula is C13H22N4O2. The van der Waals surface area contributed by atoms with Gasteiger partial charge >= 0.3 is 5.97 Å². The second kappa shape index (κ2) is 7.04. The van der Waals surface area contributed by atoms with E-state index in [1.807, 2.05) is 0 Å². The minimum Gasteiger partial charge on any atom is -0.462 e. The number of aryl methyl sites for hydroxylation is 1. The number of rotatable bonds is 6. The molecule has 1 aromatic rings. The summed E-state index contributed by atoms with van der Waals surface area (Å²) in [6.07, 6.45) is 1.48. The zero-order valence-corrected chi connectivity index (χ0v) is 11.9. The molecule has 0 amide bonds. The molecule has 3 N–H and O–H groups in total. The van der Waals surface area contributed by atoms with Gasteiger partial charge in [0.2, 0.25) is 5.95 Å². The predicted molar refractivity (Wildman–Crippen MR) is 74.0 cm³/mol. The van der Waals surface area contributed by atoms with Crippen LogP contribution in [0.2, 0.25) is 0 Å². The van der Waals surface area contributed by atoms with E-state index in [1.54, 1.807) is 13.8 Å². The van der Waals surface area contributed by atoms with Gasteiger partial charge < -0.3 is 15.8 Å². The third-order valence-corrected chi connectivity index (χ3v) is 2.83. The first kappa shape index (κ1) is 15.4. The van der Waals surface area contributed by atoms with Crippen molar-refractivity contribution in [3.8, 4) is 0 Å². The summed E-state index contributed by atoms with van der Waals surface area (Å²) in [5, 5.41) is 3.07. The molecule has 0 fully saturated rings. The lowest BCUT2D eigenvalue weighted by molar-refractivity contribution is 0.0524. The Morgan fingerprint density at radius 3 is 2.74 bits per heavy atom. The zero-order valence-electron chi connectivity index (χ0n) is 11.9. The van der Waals surface area contributed by atoms with E-state index >= 15 is 0 Å². The van der Waals surface area contributed by atoms with E-state index in [0.717, 1.165) is 0 Å². The van der Waals surface area contributed by atoms with Crippen molar-refractivity contribution in [2.24, 2.45) is 11.7 Å². The number of hydrogen-bond acceptors (Lipinski definition) is 6. The van der Waals surface area contributed by atoms with Gasteiger partial charge in [-0.1, -0.05) is 13.8 Å². The molecule has 1 atom stereocenters. The summed E-state index contributed by atoms with van der Waals surface area (Å²) in [6, 6.07) is 0.0358. The first-order valence-corrected chi connectivity index (χ1v) is 6.45. The van der Waals surface area contributed by atoms with Crippen LogP contribution in [0.3, 0.4) is 0 Å². The van der Waals surface area contributed by atoms with Crippen LogP contribution in [-0.2, 0) is 4.74 Å². The molecule has 106 valence electrons. The number of carbonyl (C=O) groups excluding carboxylic acids is 1. The monoisotopic (exact) mass is 266 g/mol. The van der Waals surface area contributed by atoms with Gasteiger partial charge in [-0.3, -0.25) is 0 Å². The number of aromatic nitrogens is 2. The van der Waals surface area contributed by atoms with Crippen LogP contribution in [0.15, 0.2) is 6.20 Å². The quantitative estimate of drug-likeness (QED) is 0.755. The third kappa shape index (κ3) is 4.48. The fourth-order valence-corrected chi connectivity index (χ4v) is 1.41. The van der Waals surface area contributed by atoms with Gasteiger partial charge in [-0.2, -0.15) is 0 Å². The molecule has 6 nitrogen and oxygen atoms in total. The Balaban J connectivity index is 2.69. The molecule has 0 saturated heterocycles. The van der Waals surface area contributed by atoms with Crippen molar-refractivity contribution in [2.45, 2.75) is 33.7 Å². The normalized spacial score (nSPS) is 12.3. The number of hydrogen-bond donors (Lipinski definition) is 2. The first-order chi connectivity index (χ1) is 8.95. The van der Waals surface area contributed by atoms with Crippen LogP contribution in [0.5, 0.6) is 0 Å². The molecule has 0 aliphatic heterocycles. The van der Waals surface area contributed by atoms with E-state index in [4.69, 9.17) is 10.5 Å². The number of carbonyl (C=O) groups is 1. The third-order valence-electron chi connectivity index (χ3n) is 2.83. The largest absolute Gasteiger partial charge is 0.462 e. The summed E-state index contributed by atoms with van der Waals surface area (Å²) in [7, 11) is 0. The minimum atomic E-state index is -0.398. The summed E-state index contributed by atoms with van der Waals surface area (Å²) < 4.78 is 4.92. The van der Waals surface area contributed by atoms with Gasteiger partial charge in [0.1, 0.15) is 0 Å². The average Bonchev–Trinajstić information content (AvgIpc) is 2.36. The zero-order chi connectivity index (χ0) is 14.4. The van der Waals surface area contributed by atoms with Crippen LogP contribution < -0.4 is 11.1 Å². The molecule has 0 spiro atoms. The Hall–Kier alpha value is -1.69. The molecule has 0 bridgehead atoms. The molecule has 0 radical (unpaired) electrons. The van der Waals surface area contributed by atoms with Crippen LogP contribution >= 0.6 is 0 Å². The molecule has 1 rings (SSSR count). The maximum absolute atomic E-state index is 11.6. The lowest BCUT2D eigenvalue weighted by Crippen LogP contribution is -2.34. The molecule has 0 aliphatic rings. The van der Waals surface area contributed by atoms with E-state index in [9.17, 15) is 4.79 Å². The van der Waals surface area contributed by atoms with Gasteiger partial charge in [-0.25, -0.2) is 14.8 Å². The van der Waals surface area contributed by atoms with E-state index in [2.05, 4.69) is 29.1 Å². The average molecular weight is 266 g/mol. The lowest BCUT2D eigenvalue weighted by atomic mass is 10.1. The molecule has 6 heteroatoms. The minimum absolute atomic E-state index is 0.0358. The standard InChI is InChI=1S/C13H22N4O2/c1-5-19-12(18)10-6-15-13(17-9(10)4)16-7-11(14)8(2)3/h6,8,11H,5,7,14H2,1-4H3,(H,15,16,17). The first-order valence-electron chi connectivity index (χ1n) is 6.45. The van der Waals surface area contributed by atoms with Gasteiger partial charge in [-0.15, -0.1) is 0 Å². The summed E-state index contributed by atoms with van der Waals surface area (Å²) in [5.74, 6) is 0.458. The Morgan fingerprint density at radius 1 is 1.53 bits per heavy atom. The van der Waals surface area contributed by atoms with Crippen molar-refractivity contribution in [2.75, 3.05) is 18.5 Å². The van der Waals surface area contributed by atoms with Gasteiger partial charge in [0.25, 0.3) is 0 Å². The number of nitrogens with one attached hydrogen (secondary N) is 1. The van der Waals surface area contributed by atoms with Gasteiger partial charge in [0.05, 0.1) is 17.9 Å². The second-order valence-electron chi connectivity index (χ2n) is 4.70. The SMILES string of the molecule is CCOC(=O)c1cnc(NCC(N)C(C)C)nc1C. The topological polar surface area (TPSA) is 90.1 Å². The molecule has 0 aliphatic carbocycles. The number of ether oxygens (including phenoxy) is 1. The highest BCUT2D eigenvalue weighted by molar-refractivity contribution is 5.90. The number of nitrogens with zero attached hydrogens (tertiary/aromatic N) is 2. The summed E-state index contributed by atoms with van der Waals surface area (Å²) in [4.78, 5) is 19.9. The highest BCUT2D eigenvalue weighted by atomic mass is 16.5. The van der Waals surface area contributed by atoms with Gasteiger partial charge in [0.15, 0.2) is 0 Å². The van der Waals surface area contributed by atoms with Crippen LogP contribution in [0.25, 0.3) is 0 Å². The van der Waals surface area contributed by atoms with E-state index in [1.165, 1.54) is 6.20 Å². The highest BCUT2D eigenvalue weighted by Crippen LogP contribution is 2.09. The summed E-state index contributed by atoms with van der Waals surface area (Å²) in [6.45, 7) is 8.56. The van der Waals surface area contributed by atoms with Crippen molar-refractivity contribution >= 4 is 11.9 Å². The second-order valence-corrected chi connectivity index (χ2v) is 4.70. The van der Waals surface area contributed by atoms with Gasteiger partial charge in [-0.05, 0) is 19.8 Å². The number of esters is 1. The molecule has 1 unspecified atom stereocenters. The summed E-state index contributed by atoms with van der Waals surface area (Å²) in [5.41, 5.74) is 6.91.